The number of sulfone groups is 1. The summed E-state index contributed by atoms with van der Waals surface area (Å²) in [6, 6.07) is 1.78. The molecule has 0 radical (unpaired) electrons. The van der Waals surface area contributed by atoms with E-state index in [1.165, 1.54) is 4.90 Å². The first-order valence-electron chi connectivity index (χ1n) is 7.72. The fourth-order valence-electron chi connectivity index (χ4n) is 2.56. The number of rotatable bonds is 6. The molecule has 1 aromatic heterocycles. The average Bonchev–Trinajstić information content (AvgIpc) is 2.98. The summed E-state index contributed by atoms with van der Waals surface area (Å²) in [5.41, 5.74) is 1.04. The highest BCUT2D eigenvalue weighted by atomic mass is 32.2. The Labute approximate surface area is 137 Å². The zero-order valence-electron chi connectivity index (χ0n) is 13.9. The van der Waals surface area contributed by atoms with Crippen molar-refractivity contribution in [1.82, 2.24) is 24.9 Å². The van der Waals surface area contributed by atoms with Crippen LogP contribution in [0.3, 0.4) is 0 Å². The number of nitrogens with one attached hydrogen (secondary N) is 1. The van der Waals surface area contributed by atoms with E-state index < -0.39 is 9.84 Å². The zero-order chi connectivity index (χ0) is 17.0. The van der Waals surface area contributed by atoms with Crippen molar-refractivity contribution in [2.24, 2.45) is 0 Å². The summed E-state index contributed by atoms with van der Waals surface area (Å²) in [4.78, 5) is 15.3. The van der Waals surface area contributed by atoms with Crippen LogP contribution >= 0.6 is 0 Å². The molecule has 1 N–H and O–H groups in total. The maximum absolute atomic E-state index is 11.7. The highest BCUT2D eigenvalue weighted by Gasteiger charge is 2.26. The summed E-state index contributed by atoms with van der Waals surface area (Å²) >= 11 is 0. The molecule has 2 amide bonds. The predicted octanol–water partition coefficient (Wildman–Crippen LogP) is -0.0543. The number of amides is 2. The zero-order valence-corrected chi connectivity index (χ0v) is 14.7. The van der Waals surface area contributed by atoms with Crippen LogP contribution in [0.4, 0.5) is 4.79 Å². The number of aromatic nitrogens is 2. The van der Waals surface area contributed by atoms with Crippen molar-refractivity contribution in [2.75, 3.05) is 45.2 Å². The van der Waals surface area contributed by atoms with Crippen molar-refractivity contribution in [3.05, 3.63) is 18.0 Å². The molecule has 130 valence electrons. The van der Waals surface area contributed by atoms with Crippen LogP contribution < -0.4 is 5.32 Å². The Morgan fingerprint density at radius 2 is 2.22 bits per heavy atom. The molecule has 0 unspecified atom stereocenters. The van der Waals surface area contributed by atoms with E-state index in [-0.39, 0.29) is 23.6 Å². The van der Waals surface area contributed by atoms with Gasteiger partial charge in [0, 0.05) is 52.2 Å². The number of urea groups is 1. The van der Waals surface area contributed by atoms with Gasteiger partial charge in [0.2, 0.25) is 0 Å². The van der Waals surface area contributed by atoms with Gasteiger partial charge in [-0.2, -0.15) is 5.10 Å². The first-order chi connectivity index (χ1) is 10.8. The second-order valence-corrected chi connectivity index (χ2v) is 8.45. The molecule has 0 spiro atoms. The van der Waals surface area contributed by atoms with E-state index in [9.17, 15) is 13.2 Å². The predicted molar refractivity (Wildman–Crippen MR) is 88.0 cm³/mol. The molecule has 1 aliphatic heterocycles. The molecule has 0 aromatic carbocycles. The van der Waals surface area contributed by atoms with Crippen LogP contribution in [0.25, 0.3) is 0 Å². The Morgan fingerprint density at radius 1 is 1.48 bits per heavy atom. The molecule has 2 heterocycles. The molecular formula is C14H25N5O3S. The highest BCUT2D eigenvalue weighted by molar-refractivity contribution is 7.91. The summed E-state index contributed by atoms with van der Waals surface area (Å²) < 4.78 is 25.3. The van der Waals surface area contributed by atoms with Gasteiger partial charge in [-0.05, 0) is 6.07 Å². The molecule has 8 nitrogen and oxygen atoms in total. The Kier molecular flexibility index (Phi) is 5.64. The minimum Gasteiger partial charge on any atom is -0.336 e. The van der Waals surface area contributed by atoms with Crippen LogP contribution in [0, 0.1) is 0 Å². The topological polar surface area (TPSA) is 87.5 Å². The maximum Gasteiger partial charge on any atom is 0.316 e. The van der Waals surface area contributed by atoms with Gasteiger partial charge in [0.1, 0.15) is 0 Å². The van der Waals surface area contributed by atoms with E-state index in [0.29, 0.717) is 26.2 Å². The van der Waals surface area contributed by atoms with Gasteiger partial charge in [-0.25, -0.2) is 13.2 Å². The maximum atomic E-state index is 11.7. The van der Waals surface area contributed by atoms with Gasteiger partial charge in [-0.15, -0.1) is 0 Å². The minimum atomic E-state index is -2.98. The van der Waals surface area contributed by atoms with Crippen LogP contribution in [0.15, 0.2) is 12.3 Å². The fourth-order valence-corrected chi connectivity index (χ4v) is 3.39. The van der Waals surface area contributed by atoms with Crippen molar-refractivity contribution in [1.29, 1.82) is 0 Å². The molecule has 0 saturated carbocycles. The third-order valence-corrected chi connectivity index (χ3v) is 5.69. The molecule has 0 aliphatic carbocycles. The minimum absolute atomic E-state index is 0.00183. The highest BCUT2D eigenvalue weighted by Crippen LogP contribution is 2.19. The van der Waals surface area contributed by atoms with Gasteiger partial charge in [0.25, 0.3) is 0 Å². The molecule has 1 aromatic rings. The molecule has 0 fully saturated rings. The third-order valence-electron chi connectivity index (χ3n) is 4.01. The van der Waals surface area contributed by atoms with Crippen LogP contribution in [-0.2, 0) is 16.4 Å². The molecule has 2 rings (SSSR count). The van der Waals surface area contributed by atoms with Crippen LogP contribution in [0.2, 0.25) is 0 Å². The van der Waals surface area contributed by atoms with E-state index in [1.54, 1.807) is 27.2 Å². The standard InChI is InChI=1S/C14H25N5O3S/c1-4-23(21,22)8-7-18-10-12-5-6-16-19(12)13(11-18)9-15-14(20)17(2)3/h5-6,13H,4,7-11H2,1-3H3,(H,15,20)/t13-/m1/s1. The Morgan fingerprint density at radius 3 is 2.87 bits per heavy atom. The number of hydrogen-bond donors (Lipinski definition) is 1. The van der Waals surface area contributed by atoms with Gasteiger partial charge in [0.15, 0.2) is 9.84 Å². The number of hydrogen-bond acceptors (Lipinski definition) is 5. The summed E-state index contributed by atoms with van der Waals surface area (Å²) in [5.74, 6) is 0.329. The normalized spacial score (nSPS) is 18.5. The molecule has 23 heavy (non-hydrogen) atoms. The monoisotopic (exact) mass is 343 g/mol. The lowest BCUT2D eigenvalue weighted by Gasteiger charge is -2.34. The first kappa shape index (κ1) is 17.7. The third kappa shape index (κ3) is 4.68. The lowest BCUT2D eigenvalue weighted by atomic mass is 10.2. The quantitative estimate of drug-likeness (QED) is 0.782. The second-order valence-electron chi connectivity index (χ2n) is 5.97. The van der Waals surface area contributed by atoms with Crippen molar-refractivity contribution in [3.8, 4) is 0 Å². The second kappa shape index (κ2) is 7.31. The van der Waals surface area contributed by atoms with Crippen molar-refractivity contribution >= 4 is 15.9 Å². The van der Waals surface area contributed by atoms with E-state index in [0.717, 1.165) is 5.69 Å². The van der Waals surface area contributed by atoms with Crippen LogP contribution in [-0.4, -0.2) is 79.3 Å². The van der Waals surface area contributed by atoms with Crippen LogP contribution in [0.1, 0.15) is 18.7 Å². The van der Waals surface area contributed by atoms with Gasteiger partial charge in [-0.1, -0.05) is 6.92 Å². The molecule has 0 bridgehead atoms. The smallest absolute Gasteiger partial charge is 0.316 e. The number of carbonyl (C=O) groups excluding carboxylic acids is 1. The lowest BCUT2D eigenvalue weighted by Crippen LogP contribution is -2.45. The van der Waals surface area contributed by atoms with E-state index >= 15 is 0 Å². The molecule has 1 atom stereocenters. The number of fused-ring (bicyclic) bond motifs is 1. The molecular weight excluding hydrogens is 318 g/mol. The number of nitrogens with zero attached hydrogens (tertiary/aromatic N) is 4. The summed E-state index contributed by atoms with van der Waals surface area (Å²) in [5, 5.41) is 7.20. The van der Waals surface area contributed by atoms with Crippen molar-refractivity contribution in [2.45, 2.75) is 19.5 Å². The summed E-state index contributed by atoms with van der Waals surface area (Å²) in [6.45, 7) is 3.97. The van der Waals surface area contributed by atoms with Crippen molar-refractivity contribution < 1.29 is 13.2 Å². The van der Waals surface area contributed by atoms with E-state index in [2.05, 4.69) is 15.3 Å². The van der Waals surface area contributed by atoms with E-state index in [1.807, 2.05) is 10.7 Å². The van der Waals surface area contributed by atoms with Gasteiger partial charge in [-0.3, -0.25) is 9.58 Å². The van der Waals surface area contributed by atoms with E-state index in [4.69, 9.17) is 0 Å². The lowest BCUT2D eigenvalue weighted by molar-refractivity contribution is 0.176. The number of carbonyl (C=O) groups is 1. The summed E-state index contributed by atoms with van der Waals surface area (Å²) in [7, 11) is 0.406. The Hall–Kier alpha value is -1.61. The molecule has 0 saturated heterocycles. The van der Waals surface area contributed by atoms with Crippen molar-refractivity contribution in [3.63, 3.8) is 0 Å². The van der Waals surface area contributed by atoms with Gasteiger partial charge < -0.3 is 10.2 Å². The molecule has 1 aliphatic rings. The average molecular weight is 343 g/mol. The Balaban J connectivity index is 2.00. The first-order valence-corrected chi connectivity index (χ1v) is 9.55. The van der Waals surface area contributed by atoms with Gasteiger partial charge in [0.05, 0.1) is 17.5 Å². The SMILES string of the molecule is CCS(=O)(=O)CCN1Cc2ccnn2[C@H](CNC(=O)N(C)C)C1. The molecule has 9 heteroatoms. The Bertz CT molecular complexity index is 641. The fraction of sp³-hybridized carbons (Fsp3) is 0.714. The summed E-state index contributed by atoms with van der Waals surface area (Å²) in [6.07, 6.45) is 1.74. The van der Waals surface area contributed by atoms with Gasteiger partial charge >= 0.3 is 6.03 Å². The van der Waals surface area contributed by atoms with Crippen LogP contribution in [0.5, 0.6) is 0 Å². The largest absolute Gasteiger partial charge is 0.336 e.